The molecular weight excluding hydrogens is 516 g/mol. The maximum Gasteiger partial charge on any atom is 0.337 e. The van der Waals surface area contributed by atoms with Crippen LogP contribution in [-0.4, -0.2) is 18.9 Å². The third-order valence-electron chi connectivity index (χ3n) is 14.3. The highest BCUT2D eigenvalue weighted by Crippen LogP contribution is 2.77. The highest BCUT2D eigenvalue weighted by Gasteiger charge is 2.69. The predicted octanol–water partition coefficient (Wildman–Crippen LogP) is 10.1. The van der Waals surface area contributed by atoms with Crippen LogP contribution in [0.2, 0.25) is 0 Å². The van der Waals surface area contributed by atoms with Crippen LogP contribution < -0.4 is 0 Å². The van der Waals surface area contributed by atoms with Gasteiger partial charge in [0, 0.05) is 5.41 Å². The van der Waals surface area contributed by atoms with Crippen molar-refractivity contribution in [1.29, 1.82) is 0 Å². The molecule has 0 aliphatic heterocycles. The summed E-state index contributed by atoms with van der Waals surface area (Å²) in [4.78, 5) is 25.0. The zero-order valence-electron chi connectivity index (χ0n) is 27.8. The number of ketones is 1. The molecule has 0 spiro atoms. The molecule has 1 aromatic carbocycles. The summed E-state index contributed by atoms with van der Waals surface area (Å²) in [6.07, 6.45) is 16.7. The number of esters is 1. The van der Waals surface area contributed by atoms with E-state index in [0.29, 0.717) is 39.9 Å². The van der Waals surface area contributed by atoms with Gasteiger partial charge in [0.1, 0.15) is 5.78 Å². The molecule has 0 amide bonds. The van der Waals surface area contributed by atoms with Crippen LogP contribution >= 0.6 is 0 Å². The summed E-state index contributed by atoms with van der Waals surface area (Å²) in [7, 11) is 1.44. The number of carbonyl (C=O) groups is 2. The van der Waals surface area contributed by atoms with E-state index in [4.69, 9.17) is 4.74 Å². The van der Waals surface area contributed by atoms with Crippen molar-refractivity contribution in [3.63, 3.8) is 0 Å². The Hall–Kier alpha value is -2.16. The molecule has 1 aromatic rings. The average Bonchev–Trinajstić information content (AvgIpc) is 3.39. The van der Waals surface area contributed by atoms with E-state index in [1.165, 1.54) is 63.2 Å². The van der Waals surface area contributed by atoms with Gasteiger partial charge in [-0.15, -0.1) is 6.58 Å². The summed E-state index contributed by atoms with van der Waals surface area (Å²) in [5, 5.41) is 0. The smallest absolute Gasteiger partial charge is 0.337 e. The number of rotatable bonds is 3. The molecule has 6 rings (SSSR count). The number of Topliss-reactive ketones (excluding diaryl/α,β-unsaturated/α-hetero) is 1. The molecule has 7 unspecified atom stereocenters. The number of benzene rings is 1. The lowest BCUT2D eigenvalue weighted by Gasteiger charge is -2.72. The van der Waals surface area contributed by atoms with Crippen molar-refractivity contribution < 1.29 is 14.3 Å². The molecule has 4 saturated carbocycles. The van der Waals surface area contributed by atoms with Crippen LogP contribution in [0, 0.1) is 50.7 Å². The third kappa shape index (κ3) is 4.26. The van der Waals surface area contributed by atoms with Gasteiger partial charge in [0.2, 0.25) is 0 Å². The average molecular weight is 573 g/mol. The van der Waals surface area contributed by atoms with Crippen LogP contribution in [0.1, 0.15) is 129 Å². The van der Waals surface area contributed by atoms with Crippen LogP contribution in [0.5, 0.6) is 0 Å². The number of methoxy groups -OCH3 is 1. The maximum atomic E-state index is 13.0. The summed E-state index contributed by atoms with van der Waals surface area (Å²) in [5.41, 5.74) is 4.30. The topological polar surface area (TPSA) is 43.4 Å². The molecule has 0 N–H and O–H groups in total. The van der Waals surface area contributed by atoms with E-state index in [1.54, 1.807) is 6.08 Å². The van der Waals surface area contributed by atoms with Gasteiger partial charge < -0.3 is 4.74 Å². The molecule has 0 bridgehead atoms. The molecule has 3 heteroatoms. The van der Waals surface area contributed by atoms with Crippen LogP contribution in [-0.2, 0) is 9.53 Å². The predicted molar refractivity (Wildman–Crippen MR) is 173 cm³/mol. The van der Waals surface area contributed by atoms with Crippen molar-refractivity contribution in [1.82, 2.24) is 0 Å². The zero-order chi connectivity index (χ0) is 30.7. The van der Waals surface area contributed by atoms with Crippen LogP contribution in [0.25, 0.3) is 5.57 Å². The number of fused-ring (bicyclic) bond motifs is 7. The monoisotopic (exact) mass is 572 g/mol. The van der Waals surface area contributed by atoms with Crippen LogP contribution in [0.15, 0.2) is 43.0 Å². The molecule has 0 radical (unpaired) electrons. The minimum absolute atomic E-state index is 0.0115. The number of hydrogen-bond donors (Lipinski definition) is 0. The van der Waals surface area contributed by atoms with Gasteiger partial charge in [-0.3, -0.25) is 4.79 Å². The number of ether oxygens (including phenoxy) is 1. The number of hydrogen-bond acceptors (Lipinski definition) is 3. The SMILES string of the molecule is C=CC.COC(=O)c1ccc(C2=CCC3(C)C(CCC4(C)C3CCC3C5CCCC5(C(C)=O)CC[C@]34C)C2(C)C)cc1. The normalized spacial score (nSPS) is 41.4. The van der Waals surface area contributed by atoms with E-state index in [2.05, 4.69) is 59.4 Å². The standard InChI is InChI=1S/C36H50O3.C3H6/c1-23(37)36-18-8-9-28(36)27-14-15-30-33(4)19-16-26(24-10-12-25(13-11-24)31(38)39-7)32(2,3)29(33)17-20-35(30,6)34(27,5)21-22-36;1-3-2/h10-13,16,27-30H,8-9,14-15,17-22H2,1-7H3;3H,1H2,2H3/t27?,28?,29?,30?,33?,34-,35?,36?;/m1./s1. The van der Waals surface area contributed by atoms with E-state index in [9.17, 15) is 9.59 Å². The van der Waals surface area contributed by atoms with E-state index >= 15 is 0 Å². The second kappa shape index (κ2) is 10.8. The second-order valence-electron chi connectivity index (χ2n) is 15.9. The molecule has 0 heterocycles. The quantitative estimate of drug-likeness (QED) is 0.267. The molecule has 8 atom stereocenters. The minimum atomic E-state index is -0.275. The Labute approximate surface area is 256 Å². The lowest BCUT2D eigenvalue weighted by molar-refractivity contribution is -0.221. The van der Waals surface area contributed by atoms with Gasteiger partial charge in [-0.25, -0.2) is 4.79 Å². The third-order valence-corrected chi connectivity index (χ3v) is 14.3. The van der Waals surface area contributed by atoms with E-state index in [0.717, 1.165) is 25.2 Å². The van der Waals surface area contributed by atoms with Crippen molar-refractivity contribution in [2.75, 3.05) is 7.11 Å². The Balaban J connectivity index is 0.00000113. The lowest BCUT2D eigenvalue weighted by atomic mass is 9.32. The van der Waals surface area contributed by atoms with E-state index in [-0.39, 0.29) is 22.2 Å². The Morgan fingerprint density at radius 2 is 1.52 bits per heavy atom. The molecule has 230 valence electrons. The molecule has 5 aliphatic carbocycles. The van der Waals surface area contributed by atoms with Gasteiger partial charge in [0.05, 0.1) is 12.7 Å². The highest BCUT2D eigenvalue weighted by molar-refractivity contribution is 5.90. The largest absolute Gasteiger partial charge is 0.465 e. The van der Waals surface area contributed by atoms with E-state index < -0.39 is 0 Å². The lowest BCUT2D eigenvalue weighted by Crippen LogP contribution is -2.65. The number of allylic oxidation sites excluding steroid dienone is 3. The fraction of sp³-hybridized carbons (Fsp3) is 0.692. The van der Waals surface area contributed by atoms with Crippen molar-refractivity contribution in [2.45, 2.75) is 113 Å². The first-order valence-electron chi connectivity index (χ1n) is 16.7. The van der Waals surface area contributed by atoms with Gasteiger partial charge >= 0.3 is 5.97 Å². The minimum Gasteiger partial charge on any atom is -0.465 e. The molecule has 5 aliphatic rings. The van der Waals surface area contributed by atoms with Gasteiger partial charge in [-0.1, -0.05) is 65.3 Å². The van der Waals surface area contributed by atoms with Gasteiger partial charge in [0.25, 0.3) is 0 Å². The Kier molecular flexibility index (Phi) is 8.02. The van der Waals surface area contributed by atoms with Crippen molar-refractivity contribution in [2.24, 2.45) is 50.7 Å². The summed E-state index contributed by atoms with van der Waals surface area (Å²) < 4.78 is 4.92. The highest BCUT2D eigenvalue weighted by atomic mass is 16.5. The van der Waals surface area contributed by atoms with Crippen molar-refractivity contribution in [3.8, 4) is 0 Å². The fourth-order valence-corrected chi connectivity index (χ4v) is 12.2. The summed E-state index contributed by atoms with van der Waals surface area (Å²) >= 11 is 0. The zero-order valence-corrected chi connectivity index (χ0v) is 27.8. The molecule has 0 aromatic heterocycles. The van der Waals surface area contributed by atoms with Crippen LogP contribution in [0.4, 0.5) is 0 Å². The van der Waals surface area contributed by atoms with E-state index in [1.807, 2.05) is 26.0 Å². The van der Waals surface area contributed by atoms with Crippen LogP contribution in [0.3, 0.4) is 0 Å². The Morgan fingerprint density at radius 3 is 2.14 bits per heavy atom. The first-order valence-corrected chi connectivity index (χ1v) is 16.7. The van der Waals surface area contributed by atoms with Gasteiger partial charge in [-0.2, -0.15) is 0 Å². The molecular formula is C39H56O3. The van der Waals surface area contributed by atoms with Crippen molar-refractivity contribution >= 4 is 17.3 Å². The summed E-state index contributed by atoms with van der Waals surface area (Å²) in [6.45, 7) is 20.1. The molecule has 4 fully saturated rings. The van der Waals surface area contributed by atoms with Crippen molar-refractivity contribution in [3.05, 3.63) is 54.1 Å². The summed E-state index contributed by atoms with van der Waals surface area (Å²) in [5.74, 6) is 2.88. The fourth-order valence-electron chi connectivity index (χ4n) is 12.2. The maximum absolute atomic E-state index is 13.0. The molecule has 0 saturated heterocycles. The first-order chi connectivity index (χ1) is 19.8. The number of carbonyl (C=O) groups excluding carboxylic acids is 2. The Bertz CT molecular complexity index is 1250. The molecule has 42 heavy (non-hydrogen) atoms. The van der Waals surface area contributed by atoms with Gasteiger partial charge in [0.15, 0.2) is 0 Å². The second-order valence-corrected chi connectivity index (χ2v) is 15.9. The Morgan fingerprint density at radius 1 is 0.857 bits per heavy atom. The summed E-state index contributed by atoms with van der Waals surface area (Å²) in [6, 6.07) is 8.07. The molecule has 3 nitrogen and oxygen atoms in total. The first kappa shape index (κ1) is 31.3. The van der Waals surface area contributed by atoms with Gasteiger partial charge in [-0.05, 0) is 140 Å².